The molecule has 0 radical (unpaired) electrons. The molecule has 1 aliphatic carbocycles. The fourth-order valence-electron chi connectivity index (χ4n) is 3.02. The molecule has 3 N–H and O–H groups in total. The predicted molar refractivity (Wildman–Crippen MR) is 94.9 cm³/mol. The highest BCUT2D eigenvalue weighted by Crippen LogP contribution is 2.23. The van der Waals surface area contributed by atoms with Crippen LogP contribution in [0, 0.1) is 5.92 Å². The predicted octanol–water partition coefficient (Wildman–Crippen LogP) is 1.95. The largest absolute Gasteiger partial charge is 0.481 e. The molecule has 1 amide bonds. The molecule has 1 aromatic rings. The number of carboxylic acid groups (broad SMARTS) is 1. The Kier molecular flexibility index (Phi) is 6.97. The van der Waals surface area contributed by atoms with E-state index >= 15 is 0 Å². The van der Waals surface area contributed by atoms with Gasteiger partial charge in [0, 0.05) is 6.04 Å². The van der Waals surface area contributed by atoms with E-state index in [0.29, 0.717) is 12.8 Å². The molecule has 1 fully saturated rings. The Hall–Kier alpha value is -1.45. The van der Waals surface area contributed by atoms with Crippen molar-refractivity contribution >= 4 is 33.2 Å². The first-order chi connectivity index (χ1) is 11.8. The number of nitrogens with one attached hydrogen (secondary N) is 2. The molecule has 0 aromatic carbocycles. The van der Waals surface area contributed by atoms with Crippen LogP contribution in [0.15, 0.2) is 21.7 Å². The molecule has 3 atom stereocenters. The van der Waals surface area contributed by atoms with Crippen LogP contribution < -0.4 is 10.0 Å². The first-order valence-electron chi connectivity index (χ1n) is 8.40. The lowest BCUT2D eigenvalue weighted by molar-refractivity contribution is -0.143. The number of thiophene rings is 1. The molecule has 1 aliphatic rings. The number of rotatable bonds is 6. The van der Waals surface area contributed by atoms with Crippen LogP contribution in [0.3, 0.4) is 0 Å². The van der Waals surface area contributed by atoms with E-state index in [1.807, 2.05) is 0 Å². The number of carboxylic acids is 1. The van der Waals surface area contributed by atoms with Crippen LogP contribution in [0.2, 0.25) is 0 Å². The van der Waals surface area contributed by atoms with E-state index in [0.717, 1.165) is 37.0 Å². The molecule has 1 saturated carbocycles. The lowest BCUT2D eigenvalue weighted by atomic mass is 9.86. The van der Waals surface area contributed by atoms with Crippen LogP contribution in [0.25, 0.3) is 0 Å². The van der Waals surface area contributed by atoms with Crippen LogP contribution in [-0.2, 0) is 19.6 Å². The quantitative estimate of drug-likeness (QED) is 0.689. The van der Waals surface area contributed by atoms with Gasteiger partial charge in [-0.3, -0.25) is 9.59 Å². The Morgan fingerprint density at radius 2 is 1.92 bits per heavy atom. The summed E-state index contributed by atoms with van der Waals surface area (Å²) in [7, 11) is -3.75. The van der Waals surface area contributed by atoms with Crippen molar-refractivity contribution in [2.24, 2.45) is 5.92 Å². The van der Waals surface area contributed by atoms with Crippen LogP contribution in [0.4, 0.5) is 0 Å². The summed E-state index contributed by atoms with van der Waals surface area (Å²) in [6, 6.07) is 1.63. The van der Waals surface area contributed by atoms with E-state index < -0.39 is 39.9 Å². The van der Waals surface area contributed by atoms with Crippen LogP contribution in [0.5, 0.6) is 0 Å². The average molecular weight is 389 g/mol. The van der Waals surface area contributed by atoms with Gasteiger partial charge >= 0.3 is 5.97 Å². The Balaban J connectivity index is 2.01. The fraction of sp³-hybridized carbons (Fsp3) is 0.625. The first kappa shape index (κ1) is 19.9. The van der Waals surface area contributed by atoms with Gasteiger partial charge in [0.1, 0.15) is 4.21 Å². The third-order valence-corrected chi connectivity index (χ3v) is 7.33. The van der Waals surface area contributed by atoms with Gasteiger partial charge in [0.05, 0.1) is 12.0 Å². The summed E-state index contributed by atoms with van der Waals surface area (Å²) in [5.41, 5.74) is 0. The molecule has 25 heavy (non-hydrogen) atoms. The second kappa shape index (κ2) is 8.77. The number of amides is 1. The summed E-state index contributed by atoms with van der Waals surface area (Å²) in [6.07, 6.45) is 4.80. The molecule has 0 bridgehead atoms. The summed E-state index contributed by atoms with van der Waals surface area (Å²) in [4.78, 5) is 23.9. The zero-order chi connectivity index (χ0) is 18.4. The normalized spacial score (nSPS) is 23.2. The smallest absolute Gasteiger partial charge is 0.308 e. The maximum atomic E-state index is 12.4. The van der Waals surface area contributed by atoms with Crippen molar-refractivity contribution in [3.8, 4) is 0 Å². The lowest BCUT2D eigenvalue weighted by Gasteiger charge is -2.28. The Morgan fingerprint density at radius 1 is 1.24 bits per heavy atom. The molecule has 0 aliphatic heterocycles. The fourth-order valence-corrected chi connectivity index (χ4v) is 5.23. The van der Waals surface area contributed by atoms with Gasteiger partial charge < -0.3 is 10.4 Å². The van der Waals surface area contributed by atoms with Crippen molar-refractivity contribution in [1.29, 1.82) is 0 Å². The summed E-state index contributed by atoms with van der Waals surface area (Å²) in [6.45, 7) is 1.46. The van der Waals surface area contributed by atoms with Crippen LogP contribution in [0.1, 0.15) is 45.4 Å². The monoisotopic (exact) mass is 388 g/mol. The van der Waals surface area contributed by atoms with Gasteiger partial charge in [-0.2, -0.15) is 4.72 Å². The van der Waals surface area contributed by atoms with Gasteiger partial charge in [0.15, 0.2) is 0 Å². The van der Waals surface area contributed by atoms with Crippen molar-refractivity contribution < 1.29 is 23.1 Å². The molecule has 1 heterocycles. The first-order valence-corrected chi connectivity index (χ1v) is 10.8. The van der Waals surface area contributed by atoms with Crippen molar-refractivity contribution in [3.63, 3.8) is 0 Å². The highest BCUT2D eigenvalue weighted by atomic mass is 32.2. The van der Waals surface area contributed by atoms with Gasteiger partial charge in [-0.05, 0) is 31.2 Å². The van der Waals surface area contributed by atoms with Gasteiger partial charge in [0.2, 0.25) is 5.91 Å². The third kappa shape index (κ3) is 5.52. The lowest BCUT2D eigenvalue weighted by Crippen LogP contribution is -2.51. The number of sulfonamides is 1. The molecule has 0 spiro atoms. The number of carbonyl (C=O) groups is 2. The van der Waals surface area contributed by atoms with Crippen molar-refractivity contribution in [2.75, 3.05) is 0 Å². The molecule has 1 aromatic heterocycles. The minimum Gasteiger partial charge on any atom is -0.481 e. The second-order valence-corrected chi connectivity index (χ2v) is 9.21. The zero-order valence-electron chi connectivity index (χ0n) is 14.1. The molecular weight excluding hydrogens is 364 g/mol. The van der Waals surface area contributed by atoms with E-state index in [4.69, 9.17) is 0 Å². The van der Waals surface area contributed by atoms with E-state index in [9.17, 15) is 23.1 Å². The molecular formula is C16H24N2O5S2. The van der Waals surface area contributed by atoms with E-state index in [1.54, 1.807) is 11.4 Å². The standard InChI is InChI=1S/C16H24N2O5S2/c1-11(18-25(22,23)14-9-6-10-24-14)15(19)17-13-8-5-3-2-4-7-12(13)16(20)21/h6,9-13,18H,2-5,7-8H2,1H3,(H,17,19)(H,20,21)/t11-,12+,13-/m0/s1. The summed E-state index contributed by atoms with van der Waals surface area (Å²) < 4.78 is 26.9. The Morgan fingerprint density at radius 3 is 2.52 bits per heavy atom. The summed E-state index contributed by atoms with van der Waals surface area (Å²) >= 11 is 1.07. The Bertz CT molecular complexity index is 687. The molecule has 0 unspecified atom stereocenters. The topological polar surface area (TPSA) is 113 Å². The van der Waals surface area contributed by atoms with Crippen LogP contribution >= 0.6 is 11.3 Å². The third-order valence-electron chi connectivity index (χ3n) is 4.40. The van der Waals surface area contributed by atoms with Gasteiger partial charge in [-0.15, -0.1) is 11.3 Å². The number of carbonyl (C=O) groups excluding carboxylic acids is 1. The Labute approximate surface area is 151 Å². The number of aliphatic carboxylic acids is 1. The van der Waals surface area contributed by atoms with E-state index in [2.05, 4.69) is 10.0 Å². The van der Waals surface area contributed by atoms with Gasteiger partial charge in [-0.1, -0.05) is 31.7 Å². The minimum absolute atomic E-state index is 0.140. The minimum atomic E-state index is -3.75. The number of hydrogen-bond acceptors (Lipinski definition) is 5. The molecule has 2 rings (SSSR count). The average Bonchev–Trinajstić information content (AvgIpc) is 3.04. The van der Waals surface area contributed by atoms with Gasteiger partial charge in [0.25, 0.3) is 10.0 Å². The molecule has 9 heteroatoms. The van der Waals surface area contributed by atoms with Gasteiger partial charge in [-0.25, -0.2) is 8.42 Å². The zero-order valence-corrected chi connectivity index (χ0v) is 15.7. The second-order valence-electron chi connectivity index (χ2n) is 6.33. The number of hydrogen-bond donors (Lipinski definition) is 3. The van der Waals surface area contributed by atoms with Crippen LogP contribution in [-0.4, -0.2) is 37.5 Å². The SMILES string of the molecule is C[C@H](NS(=O)(=O)c1cccs1)C(=O)N[C@H]1CCCCCC[C@H]1C(=O)O. The van der Waals surface area contributed by atoms with E-state index in [-0.39, 0.29) is 4.21 Å². The summed E-state index contributed by atoms with van der Waals surface area (Å²) in [5, 5.41) is 13.8. The molecule has 7 nitrogen and oxygen atoms in total. The molecule has 0 saturated heterocycles. The van der Waals surface area contributed by atoms with Crippen molar-refractivity contribution in [2.45, 2.75) is 61.7 Å². The maximum absolute atomic E-state index is 12.4. The maximum Gasteiger partial charge on any atom is 0.308 e. The van der Waals surface area contributed by atoms with E-state index in [1.165, 1.54) is 13.0 Å². The summed E-state index contributed by atoms with van der Waals surface area (Å²) in [5.74, 6) is -2.05. The van der Waals surface area contributed by atoms with Crippen molar-refractivity contribution in [3.05, 3.63) is 17.5 Å². The molecule has 140 valence electrons. The highest BCUT2D eigenvalue weighted by molar-refractivity contribution is 7.91. The van der Waals surface area contributed by atoms with Crippen molar-refractivity contribution in [1.82, 2.24) is 10.0 Å². The highest BCUT2D eigenvalue weighted by Gasteiger charge is 2.32.